The van der Waals surface area contributed by atoms with Crippen LogP contribution < -0.4 is 0 Å². The molecule has 1 amide bonds. The Kier molecular flexibility index (Phi) is 5.72. The Balaban J connectivity index is 1.22. The first-order valence-corrected chi connectivity index (χ1v) is 11.1. The number of aliphatic hydroxyl groups is 1. The van der Waals surface area contributed by atoms with E-state index in [9.17, 15) is 14.3 Å². The van der Waals surface area contributed by atoms with Crippen molar-refractivity contribution >= 4 is 5.91 Å². The highest BCUT2D eigenvalue weighted by Crippen LogP contribution is 2.26. The van der Waals surface area contributed by atoms with E-state index in [0.717, 1.165) is 42.6 Å². The van der Waals surface area contributed by atoms with Gasteiger partial charge in [0.15, 0.2) is 0 Å². The summed E-state index contributed by atoms with van der Waals surface area (Å²) in [4.78, 5) is 20.8. The molecule has 5 rings (SSSR count). The third-order valence-corrected chi connectivity index (χ3v) is 6.44. The number of carbonyl (C=O) groups is 1. The zero-order chi connectivity index (χ0) is 22.1. The SMILES string of the molecule is O=C1c2ccc(-c3ccc(F)nc3)cc2CCN1C[C@H](O)CN1CCc2ccccc2C1. The summed E-state index contributed by atoms with van der Waals surface area (Å²) in [7, 11) is 0. The van der Waals surface area contributed by atoms with E-state index in [1.165, 1.54) is 23.4 Å². The van der Waals surface area contributed by atoms with Crippen molar-refractivity contribution in [2.45, 2.75) is 25.5 Å². The van der Waals surface area contributed by atoms with E-state index in [-0.39, 0.29) is 5.91 Å². The number of rotatable bonds is 5. The monoisotopic (exact) mass is 431 g/mol. The smallest absolute Gasteiger partial charge is 0.254 e. The summed E-state index contributed by atoms with van der Waals surface area (Å²) in [6.45, 7) is 3.23. The number of halogens is 1. The van der Waals surface area contributed by atoms with Crippen molar-refractivity contribution < 1.29 is 14.3 Å². The molecular formula is C26H26FN3O2. The second kappa shape index (κ2) is 8.81. The molecule has 6 heteroatoms. The molecule has 0 saturated heterocycles. The maximum atomic E-state index is 13.1. The van der Waals surface area contributed by atoms with Gasteiger partial charge in [0, 0.05) is 50.0 Å². The standard InChI is InChI=1S/C26H26FN3O2/c27-25-8-6-21(14-28-25)19-5-7-24-20(13-19)10-12-30(26(24)32)17-23(31)16-29-11-9-18-3-1-2-4-22(18)15-29/h1-8,13-14,23,31H,9-12,15-17H2/t23-/m1/s1. The van der Waals surface area contributed by atoms with Crippen LogP contribution in [0.5, 0.6) is 0 Å². The molecule has 3 aromatic rings. The molecule has 1 aromatic heterocycles. The molecule has 2 aromatic carbocycles. The normalized spacial score (nSPS) is 17.1. The third kappa shape index (κ3) is 4.29. The van der Waals surface area contributed by atoms with Crippen molar-refractivity contribution in [2.75, 3.05) is 26.2 Å². The molecule has 0 unspecified atom stereocenters. The lowest BCUT2D eigenvalue weighted by Gasteiger charge is -2.34. The van der Waals surface area contributed by atoms with Crippen LogP contribution in [0.4, 0.5) is 4.39 Å². The van der Waals surface area contributed by atoms with Gasteiger partial charge in [0.25, 0.3) is 5.91 Å². The van der Waals surface area contributed by atoms with Crippen molar-refractivity contribution in [1.82, 2.24) is 14.8 Å². The maximum absolute atomic E-state index is 13.1. The molecule has 0 saturated carbocycles. The molecule has 5 nitrogen and oxygen atoms in total. The Bertz CT molecular complexity index is 1130. The van der Waals surface area contributed by atoms with Crippen molar-refractivity contribution in [3.05, 3.63) is 89.0 Å². The number of aromatic nitrogens is 1. The van der Waals surface area contributed by atoms with E-state index in [1.54, 1.807) is 11.0 Å². The van der Waals surface area contributed by atoms with Crippen LogP contribution in [0.3, 0.4) is 0 Å². The minimum atomic E-state index is -0.588. The first-order valence-electron chi connectivity index (χ1n) is 11.1. The third-order valence-electron chi connectivity index (χ3n) is 6.44. The van der Waals surface area contributed by atoms with Gasteiger partial charge in [0.1, 0.15) is 0 Å². The van der Waals surface area contributed by atoms with E-state index >= 15 is 0 Å². The van der Waals surface area contributed by atoms with Crippen molar-refractivity contribution in [3.8, 4) is 11.1 Å². The van der Waals surface area contributed by atoms with Gasteiger partial charge in [-0.05, 0) is 53.3 Å². The van der Waals surface area contributed by atoms with E-state index in [2.05, 4.69) is 34.1 Å². The molecule has 2 aliphatic rings. The van der Waals surface area contributed by atoms with Crippen LogP contribution in [0.25, 0.3) is 11.1 Å². The van der Waals surface area contributed by atoms with Gasteiger partial charge >= 0.3 is 0 Å². The topological polar surface area (TPSA) is 56.7 Å². The van der Waals surface area contributed by atoms with Crippen LogP contribution in [0.1, 0.15) is 27.0 Å². The summed E-state index contributed by atoms with van der Waals surface area (Å²) in [5, 5.41) is 10.7. The Morgan fingerprint density at radius 1 is 0.938 bits per heavy atom. The van der Waals surface area contributed by atoms with Crippen LogP contribution in [-0.2, 0) is 19.4 Å². The van der Waals surface area contributed by atoms with Crippen LogP contribution in [-0.4, -0.2) is 58.1 Å². The summed E-state index contributed by atoms with van der Waals surface area (Å²) >= 11 is 0. The highest BCUT2D eigenvalue weighted by molar-refractivity contribution is 5.97. The van der Waals surface area contributed by atoms with Crippen LogP contribution in [0, 0.1) is 5.95 Å². The molecule has 0 aliphatic carbocycles. The lowest BCUT2D eigenvalue weighted by Crippen LogP contribution is -2.46. The van der Waals surface area contributed by atoms with Crippen molar-refractivity contribution in [1.29, 1.82) is 0 Å². The lowest BCUT2D eigenvalue weighted by atomic mass is 9.94. The average Bonchev–Trinajstić information content (AvgIpc) is 2.81. The molecule has 2 aliphatic heterocycles. The molecule has 32 heavy (non-hydrogen) atoms. The zero-order valence-corrected chi connectivity index (χ0v) is 17.9. The number of β-amino-alcohol motifs (C(OH)–C–C–N with tert-alkyl or cyclic N) is 1. The second-order valence-electron chi connectivity index (χ2n) is 8.65. The molecule has 1 atom stereocenters. The van der Waals surface area contributed by atoms with Gasteiger partial charge in [-0.25, -0.2) is 4.98 Å². The van der Waals surface area contributed by atoms with Gasteiger partial charge in [-0.2, -0.15) is 4.39 Å². The quantitative estimate of drug-likeness (QED) is 0.630. The number of aliphatic hydroxyl groups excluding tert-OH is 1. The molecule has 0 radical (unpaired) electrons. The van der Waals surface area contributed by atoms with Crippen molar-refractivity contribution in [3.63, 3.8) is 0 Å². The molecule has 0 bridgehead atoms. The van der Waals surface area contributed by atoms with Crippen LogP contribution >= 0.6 is 0 Å². The second-order valence-corrected chi connectivity index (χ2v) is 8.65. The molecular weight excluding hydrogens is 405 g/mol. The highest BCUT2D eigenvalue weighted by atomic mass is 19.1. The predicted octanol–water partition coefficient (Wildman–Crippen LogP) is 3.31. The number of hydrogen-bond donors (Lipinski definition) is 1. The summed E-state index contributed by atoms with van der Waals surface area (Å²) in [5.41, 5.74) is 6.10. The van der Waals surface area contributed by atoms with Gasteiger partial charge in [0.05, 0.1) is 6.10 Å². The molecule has 0 fully saturated rings. The Hall–Kier alpha value is -3.09. The lowest BCUT2D eigenvalue weighted by molar-refractivity contribution is 0.0493. The fourth-order valence-electron chi connectivity index (χ4n) is 4.76. The number of nitrogens with zero attached hydrogens (tertiary/aromatic N) is 3. The molecule has 1 N–H and O–H groups in total. The van der Waals surface area contributed by atoms with Crippen LogP contribution in [0.2, 0.25) is 0 Å². The Morgan fingerprint density at radius 2 is 1.72 bits per heavy atom. The summed E-state index contributed by atoms with van der Waals surface area (Å²) in [5.74, 6) is -0.553. The molecule has 0 spiro atoms. The van der Waals surface area contributed by atoms with Gasteiger partial charge in [-0.1, -0.05) is 36.4 Å². The number of carbonyl (C=O) groups excluding carboxylic acids is 1. The van der Waals surface area contributed by atoms with Gasteiger partial charge < -0.3 is 10.0 Å². The summed E-state index contributed by atoms with van der Waals surface area (Å²) in [6, 6.07) is 17.2. The highest BCUT2D eigenvalue weighted by Gasteiger charge is 2.27. The summed E-state index contributed by atoms with van der Waals surface area (Å²) in [6.07, 6.45) is 2.64. The number of pyridine rings is 1. The van der Waals surface area contributed by atoms with E-state index in [1.807, 2.05) is 18.2 Å². The fraction of sp³-hybridized carbons (Fsp3) is 0.308. The van der Waals surface area contributed by atoms with Crippen molar-refractivity contribution in [2.24, 2.45) is 0 Å². The minimum absolute atomic E-state index is 0.0435. The Labute approximate surface area is 187 Å². The summed E-state index contributed by atoms with van der Waals surface area (Å²) < 4.78 is 13.1. The first kappa shape index (κ1) is 20.8. The van der Waals surface area contributed by atoms with E-state index in [4.69, 9.17) is 0 Å². The maximum Gasteiger partial charge on any atom is 0.254 e. The van der Waals surface area contributed by atoms with Gasteiger partial charge in [0.2, 0.25) is 5.95 Å². The predicted molar refractivity (Wildman–Crippen MR) is 121 cm³/mol. The molecule has 164 valence electrons. The van der Waals surface area contributed by atoms with Gasteiger partial charge in [-0.15, -0.1) is 0 Å². The average molecular weight is 432 g/mol. The Morgan fingerprint density at radius 3 is 2.53 bits per heavy atom. The number of benzene rings is 2. The number of hydrogen-bond acceptors (Lipinski definition) is 4. The van der Waals surface area contributed by atoms with Gasteiger partial charge in [-0.3, -0.25) is 9.69 Å². The van der Waals surface area contributed by atoms with E-state index < -0.39 is 12.1 Å². The minimum Gasteiger partial charge on any atom is -0.390 e. The van der Waals surface area contributed by atoms with Crippen LogP contribution in [0.15, 0.2) is 60.8 Å². The number of fused-ring (bicyclic) bond motifs is 2. The fourth-order valence-corrected chi connectivity index (χ4v) is 4.76. The zero-order valence-electron chi connectivity index (χ0n) is 17.9. The first-order chi connectivity index (χ1) is 15.6. The molecule has 3 heterocycles. The number of amides is 1. The van der Waals surface area contributed by atoms with E-state index in [0.29, 0.717) is 25.2 Å². The largest absolute Gasteiger partial charge is 0.390 e.